The number of hydrogen-bond donors (Lipinski definition) is 1. The van der Waals surface area contributed by atoms with Gasteiger partial charge in [0.2, 0.25) is 0 Å². The van der Waals surface area contributed by atoms with Gasteiger partial charge >= 0.3 is 0 Å². The van der Waals surface area contributed by atoms with Gasteiger partial charge in [0.1, 0.15) is 5.54 Å². The molecular weight excluding hydrogens is 258 g/mol. The summed E-state index contributed by atoms with van der Waals surface area (Å²) in [6.07, 6.45) is 3.25. The van der Waals surface area contributed by atoms with Crippen LogP contribution in [0.1, 0.15) is 45.6 Å². The molecule has 1 rings (SSSR count). The van der Waals surface area contributed by atoms with Gasteiger partial charge in [0.15, 0.2) is 0 Å². The number of nitrogens with zero attached hydrogens (tertiary/aromatic N) is 2. The SMILES string of the molecule is CCCCN(CC)CCC(C#N)(NCC)c1ccccc1. The summed E-state index contributed by atoms with van der Waals surface area (Å²) in [4.78, 5) is 2.44. The molecule has 0 saturated heterocycles. The molecule has 0 spiro atoms. The Bertz CT molecular complexity index is 424. The normalized spacial score (nSPS) is 13.9. The van der Waals surface area contributed by atoms with Crippen LogP contribution in [0, 0.1) is 11.3 Å². The second-order valence-corrected chi connectivity index (χ2v) is 5.45. The predicted octanol–water partition coefficient (Wildman–Crippen LogP) is 3.53. The molecule has 1 aromatic rings. The van der Waals surface area contributed by atoms with Crippen LogP contribution in [0.2, 0.25) is 0 Å². The number of hydrogen-bond acceptors (Lipinski definition) is 3. The minimum absolute atomic E-state index is 0.574. The van der Waals surface area contributed by atoms with E-state index in [0.717, 1.165) is 38.2 Å². The molecule has 116 valence electrons. The minimum atomic E-state index is -0.574. The van der Waals surface area contributed by atoms with Crippen LogP contribution in [0.15, 0.2) is 30.3 Å². The highest BCUT2D eigenvalue weighted by Gasteiger charge is 2.31. The summed E-state index contributed by atoms with van der Waals surface area (Å²) >= 11 is 0. The Hall–Kier alpha value is -1.37. The lowest BCUT2D eigenvalue weighted by Gasteiger charge is -2.31. The lowest BCUT2D eigenvalue weighted by Crippen LogP contribution is -2.44. The highest BCUT2D eigenvalue weighted by molar-refractivity contribution is 5.31. The van der Waals surface area contributed by atoms with E-state index in [9.17, 15) is 5.26 Å². The number of rotatable bonds is 10. The maximum absolute atomic E-state index is 9.79. The van der Waals surface area contributed by atoms with Crippen LogP contribution in [-0.4, -0.2) is 31.1 Å². The van der Waals surface area contributed by atoms with E-state index < -0.39 is 5.54 Å². The second kappa shape index (κ2) is 9.55. The summed E-state index contributed by atoms with van der Waals surface area (Å²) in [5.74, 6) is 0. The van der Waals surface area contributed by atoms with Crippen molar-refractivity contribution in [2.24, 2.45) is 0 Å². The van der Waals surface area contributed by atoms with Gasteiger partial charge in [-0.2, -0.15) is 5.26 Å². The van der Waals surface area contributed by atoms with Crippen molar-refractivity contribution >= 4 is 0 Å². The molecule has 0 aromatic heterocycles. The minimum Gasteiger partial charge on any atom is -0.303 e. The molecule has 1 unspecified atom stereocenters. The van der Waals surface area contributed by atoms with Gasteiger partial charge in [-0.3, -0.25) is 5.32 Å². The van der Waals surface area contributed by atoms with Crippen LogP contribution >= 0.6 is 0 Å². The Morgan fingerprint density at radius 3 is 2.38 bits per heavy atom. The zero-order valence-corrected chi connectivity index (χ0v) is 13.7. The molecule has 1 N–H and O–H groups in total. The van der Waals surface area contributed by atoms with Gasteiger partial charge in [-0.1, -0.05) is 57.5 Å². The quantitative estimate of drug-likeness (QED) is 0.715. The zero-order valence-electron chi connectivity index (χ0n) is 13.7. The van der Waals surface area contributed by atoms with Crippen molar-refractivity contribution < 1.29 is 0 Å². The number of benzene rings is 1. The van der Waals surface area contributed by atoms with E-state index in [1.54, 1.807) is 0 Å². The second-order valence-electron chi connectivity index (χ2n) is 5.45. The van der Waals surface area contributed by atoms with Crippen molar-refractivity contribution in [3.8, 4) is 6.07 Å². The summed E-state index contributed by atoms with van der Waals surface area (Å²) in [7, 11) is 0. The summed E-state index contributed by atoms with van der Waals surface area (Å²) < 4.78 is 0. The molecule has 0 bridgehead atoms. The third-order valence-corrected chi connectivity index (χ3v) is 4.01. The van der Waals surface area contributed by atoms with E-state index >= 15 is 0 Å². The van der Waals surface area contributed by atoms with Crippen LogP contribution in [-0.2, 0) is 5.54 Å². The highest BCUT2D eigenvalue weighted by Crippen LogP contribution is 2.24. The number of nitriles is 1. The Balaban J connectivity index is 2.81. The lowest BCUT2D eigenvalue weighted by molar-refractivity contribution is 0.247. The first-order valence-electron chi connectivity index (χ1n) is 8.16. The van der Waals surface area contributed by atoms with Crippen molar-refractivity contribution in [1.82, 2.24) is 10.2 Å². The molecule has 21 heavy (non-hydrogen) atoms. The first kappa shape index (κ1) is 17.7. The van der Waals surface area contributed by atoms with Gasteiger partial charge in [0.25, 0.3) is 0 Å². The standard InChI is InChI=1S/C18H29N3/c1-4-7-14-21(6-3)15-13-18(16-19,20-5-2)17-11-9-8-10-12-17/h8-12,20H,4-7,13-15H2,1-3H3. The number of unbranched alkanes of at least 4 members (excludes halogenated alkanes) is 1. The molecule has 0 saturated carbocycles. The zero-order chi connectivity index (χ0) is 15.6. The third-order valence-electron chi connectivity index (χ3n) is 4.01. The van der Waals surface area contributed by atoms with Crippen molar-refractivity contribution in [1.29, 1.82) is 5.26 Å². The summed E-state index contributed by atoms with van der Waals surface area (Å²) in [5, 5.41) is 13.2. The molecule has 1 aromatic carbocycles. The molecule has 0 aliphatic carbocycles. The molecule has 1 atom stereocenters. The molecule has 3 heteroatoms. The van der Waals surface area contributed by atoms with Gasteiger partial charge in [-0.05, 0) is 38.0 Å². The molecular formula is C18H29N3. The first-order chi connectivity index (χ1) is 10.2. The summed E-state index contributed by atoms with van der Waals surface area (Å²) in [5.41, 5.74) is 0.497. The van der Waals surface area contributed by atoms with Crippen molar-refractivity contribution in [2.45, 2.75) is 45.6 Å². The Labute approximate surface area is 130 Å². The van der Waals surface area contributed by atoms with Gasteiger partial charge < -0.3 is 4.90 Å². The van der Waals surface area contributed by atoms with E-state index in [4.69, 9.17) is 0 Å². The largest absolute Gasteiger partial charge is 0.303 e. The average Bonchev–Trinajstić information content (AvgIpc) is 2.54. The topological polar surface area (TPSA) is 39.1 Å². The van der Waals surface area contributed by atoms with Gasteiger partial charge in [0, 0.05) is 6.54 Å². The van der Waals surface area contributed by atoms with Crippen molar-refractivity contribution in [3.05, 3.63) is 35.9 Å². The molecule has 0 fully saturated rings. The number of nitrogens with one attached hydrogen (secondary N) is 1. The van der Waals surface area contributed by atoms with Crippen LogP contribution in [0.25, 0.3) is 0 Å². The maximum atomic E-state index is 9.79. The van der Waals surface area contributed by atoms with E-state index in [1.165, 1.54) is 12.8 Å². The average molecular weight is 287 g/mol. The van der Waals surface area contributed by atoms with Crippen LogP contribution in [0.5, 0.6) is 0 Å². The lowest BCUT2D eigenvalue weighted by atomic mass is 9.87. The maximum Gasteiger partial charge on any atom is 0.133 e. The monoisotopic (exact) mass is 287 g/mol. The molecule has 0 amide bonds. The van der Waals surface area contributed by atoms with Crippen LogP contribution in [0.4, 0.5) is 0 Å². The highest BCUT2D eigenvalue weighted by atomic mass is 15.1. The smallest absolute Gasteiger partial charge is 0.133 e. The van der Waals surface area contributed by atoms with E-state index in [-0.39, 0.29) is 0 Å². The van der Waals surface area contributed by atoms with Crippen molar-refractivity contribution in [3.63, 3.8) is 0 Å². The van der Waals surface area contributed by atoms with E-state index in [2.05, 4.69) is 37.1 Å². The predicted molar refractivity (Wildman–Crippen MR) is 89.0 cm³/mol. The van der Waals surface area contributed by atoms with Gasteiger partial charge in [0.05, 0.1) is 6.07 Å². The van der Waals surface area contributed by atoms with Gasteiger partial charge in [-0.15, -0.1) is 0 Å². The van der Waals surface area contributed by atoms with Crippen LogP contribution in [0.3, 0.4) is 0 Å². The summed E-state index contributed by atoms with van der Waals surface area (Å²) in [6.45, 7) is 10.4. The van der Waals surface area contributed by atoms with Gasteiger partial charge in [-0.25, -0.2) is 0 Å². The van der Waals surface area contributed by atoms with E-state index in [1.807, 2.05) is 30.3 Å². The fraction of sp³-hybridized carbons (Fsp3) is 0.611. The van der Waals surface area contributed by atoms with Crippen molar-refractivity contribution in [2.75, 3.05) is 26.2 Å². The third kappa shape index (κ3) is 5.15. The molecule has 0 aliphatic rings. The molecule has 0 heterocycles. The fourth-order valence-corrected chi connectivity index (χ4v) is 2.65. The van der Waals surface area contributed by atoms with Crippen LogP contribution < -0.4 is 5.32 Å². The summed E-state index contributed by atoms with van der Waals surface area (Å²) in [6, 6.07) is 12.6. The molecule has 3 nitrogen and oxygen atoms in total. The fourth-order valence-electron chi connectivity index (χ4n) is 2.65. The van der Waals surface area contributed by atoms with E-state index in [0.29, 0.717) is 0 Å². The Morgan fingerprint density at radius 1 is 1.14 bits per heavy atom. The molecule has 0 radical (unpaired) electrons. The Morgan fingerprint density at radius 2 is 1.86 bits per heavy atom. The Kier molecular flexibility index (Phi) is 8.04. The molecule has 0 aliphatic heterocycles. The first-order valence-corrected chi connectivity index (χ1v) is 8.16.